The van der Waals surface area contributed by atoms with Gasteiger partial charge in [0, 0.05) is 19.0 Å². The summed E-state index contributed by atoms with van der Waals surface area (Å²) in [5.74, 6) is 1.13. The molecular formula is C16H17N5O3. The van der Waals surface area contributed by atoms with E-state index in [1.165, 1.54) is 12.4 Å². The van der Waals surface area contributed by atoms with Crippen LogP contribution < -0.4 is 0 Å². The van der Waals surface area contributed by atoms with Crippen LogP contribution in [-0.4, -0.2) is 37.7 Å². The Morgan fingerprint density at radius 1 is 1.29 bits per heavy atom. The lowest BCUT2D eigenvalue weighted by Gasteiger charge is -2.30. The number of likely N-dealkylation sites (tertiary alicyclic amines) is 1. The van der Waals surface area contributed by atoms with Gasteiger partial charge < -0.3 is 4.42 Å². The Bertz CT molecular complexity index is 830. The Hall–Kier alpha value is -2.74. The standard InChI is InChI=1S/C16H17N5O3/c22-21(23)13-9-17-20(10-13)11-19-7-5-12(6-8-19)16-18-14-3-1-2-4-15(14)24-16/h1-4,9-10,12H,5-8,11H2. The van der Waals surface area contributed by atoms with Crippen molar-refractivity contribution in [2.75, 3.05) is 13.1 Å². The molecule has 0 spiro atoms. The summed E-state index contributed by atoms with van der Waals surface area (Å²) in [4.78, 5) is 17.1. The summed E-state index contributed by atoms with van der Waals surface area (Å²) in [5, 5.41) is 14.7. The molecule has 2 aromatic heterocycles. The number of para-hydroxylation sites is 2. The molecule has 0 aliphatic carbocycles. The fourth-order valence-corrected chi connectivity index (χ4v) is 3.12. The van der Waals surface area contributed by atoms with Gasteiger partial charge in [-0.3, -0.25) is 19.7 Å². The Labute approximate surface area is 137 Å². The van der Waals surface area contributed by atoms with Crippen LogP contribution in [0.2, 0.25) is 0 Å². The SMILES string of the molecule is O=[N+]([O-])c1cnn(CN2CCC(c3nc4ccccc4o3)CC2)c1. The second-order valence-corrected chi connectivity index (χ2v) is 6.05. The van der Waals surface area contributed by atoms with Crippen LogP contribution in [0.5, 0.6) is 0 Å². The number of benzene rings is 1. The predicted molar refractivity (Wildman–Crippen MR) is 86.4 cm³/mol. The molecule has 0 N–H and O–H groups in total. The van der Waals surface area contributed by atoms with Gasteiger partial charge in [0.05, 0.1) is 11.6 Å². The molecule has 24 heavy (non-hydrogen) atoms. The van der Waals surface area contributed by atoms with Gasteiger partial charge in [0.25, 0.3) is 0 Å². The summed E-state index contributed by atoms with van der Waals surface area (Å²) in [6, 6.07) is 7.80. The molecule has 0 radical (unpaired) electrons. The van der Waals surface area contributed by atoms with Crippen molar-refractivity contribution in [3.05, 3.63) is 52.7 Å². The quantitative estimate of drug-likeness (QED) is 0.540. The zero-order valence-corrected chi connectivity index (χ0v) is 13.0. The van der Waals surface area contributed by atoms with Crippen molar-refractivity contribution in [1.82, 2.24) is 19.7 Å². The maximum atomic E-state index is 10.7. The van der Waals surface area contributed by atoms with Gasteiger partial charge in [-0.15, -0.1) is 0 Å². The van der Waals surface area contributed by atoms with Gasteiger partial charge in [-0.25, -0.2) is 4.98 Å². The number of aromatic nitrogens is 3. The first-order valence-electron chi connectivity index (χ1n) is 7.94. The average molecular weight is 327 g/mol. The first-order valence-corrected chi connectivity index (χ1v) is 7.94. The smallest absolute Gasteiger partial charge is 0.307 e. The molecule has 1 aromatic carbocycles. The molecule has 1 saturated heterocycles. The lowest BCUT2D eigenvalue weighted by Crippen LogP contribution is -2.34. The Balaban J connectivity index is 1.38. The molecule has 8 heteroatoms. The molecule has 1 fully saturated rings. The van der Waals surface area contributed by atoms with E-state index in [4.69, 9.17) is 4.42 Å². The van der Waals surface area contributed by atoms with Gasteiger partial charge in [-0.2, -0.15) is 5.10 Å². The zero-order valence-electron chi connectivity index (χ0n) is 13.0. The van der Waals surface area contributed by atoms with Gasteiger partial charge in [0.1, 0.15) is 17.9 Å². The van der Waals surface area contributed by atoms with Crippen LogP contribution in [0.1, 0.15) is 24.7 Å². The number of hydrogen-bond donors (Lipinski definition) is 0. The lowest BCUT2D eigenvalue weighted by molar-refractivity contribution is -0.385. The third-order valence-electron chi connectivity index (χ3n) is 4.42. The van der Waals surface area contributed by atoms with Gasteiger partial charge in [0.15, 0.2) is 11.5 Å². The Kier molecular flexibility index (Phi) is 3.73. The largest absolute Gasteiger partial charge is 0.440 e. The number of rotatable bonds is 4. The van der Waals surface area contributed by atoms with Crippen molar-refractivity contribution in [3.63, 3.8) is 0 Å². The third-order valence-corrected chi connectivity index (χ3v) is 4.42. The minimum Gasteiger partial charge on any atom is -0.440 e. The van der Waals surface area contributed by atoms with Crippen LogP contribution in [0.25, 0.3) is 11.1 Å². The maximum Gasteiger partial charge on any atom is 0.307 e. The minimum absolute atomic E-state index is 0.0244. The number of piperidine rings is 1. The van der Waals surface area contributed by atoms with Crippen molar-refractivity contribution >= 4 is 16.8 Å². The number of nitrogens with zero attached hydrogens (tertiary/aromatic N) is 5. The van der Waals surface area contributed by atoms with Crippen molar-refractivity contribution in [1.29, 1.82) is 0 Å². The monoisotopic (exact) mass is 327 g/mol. The van der Waals surface area contributed by atoms with E-state index < -0.39 is 4.92 Å². The van der Waals surface area contributed by atoms with E-state index >= 15 is 0 Å². The predicted octanol–water partition coefficient (Wildman–Crippen LogP) is 2.77. The Morgan fingerprint density at radius 3 is 2.79 bits per heavy atom. The Morgan fingerprint density at radius 2 is 2.08 bits per heavy atom. The first kappa shape index (κ1) is 14.8. The summed E-state index contributed by atoms with van der Waals surface area (Å²) in [6.45, 7) is 2.34. The normalized spacial score (nSPS) is 16.7. The number of nitro groups is 1. The second-order valence-electron chi connectivity index (χ2n) is 6.05. The molecule has 0 saturated carbocycles. The molecule has 0 unspecified atom stereocenters. The second kappa shape index (κ2) is 6.04. The van der Waals surface area contributed by atoms with E-state index in [0.717, 1.165) is 42.9 Å². The van der Waals surface area contributed by atoms with E-state index in [2.05, 4.69) is 15.0 Å². The molecule has 0 amide bonds. The average Bonchev–Trinajstić information content (AvgIpc) is 3.22. The van der Waals surface area contributed by atoms with Crippen molar-refractivity contribution in [2.24, 2.45) is 0 Å². The topological polar surface area (TPSA) is 90.2 Å². The van der Waals surface area contributed by atoms with Gasteiger partial charge in [-0.05, 0) is 25.0 Å². The van der Waals surface area contributed by atoms with Crippen LogP contribution in [0.3, 0.4) is 0 Å². The number of hydrogen-bond acceptors (Lipinski definition) is 6. The molecular weight excluding hydrogens is 310 g/mol. The van der Waals surface area contributed by atoms with Gasteiger partial charge in [0.2, 0.25) is 0 Å². The van der Waals surface area contributed by atoms with Crippen molar-refractivity contribution in [3.8, 4) is 0 Å². The summed E-state index contributed by atoms with van der Waals surface area (Å²) < 4.78 is 7.48. The molecule has 0 bridgehead atoms. The summed E-state index contributed by atoms with van der Waals surface area (Å²) in [7, 11) is 0. The highest BCUT2D eigenvalue weighted by Crippen LogP contribution is 2.30. The van der Waals surface area contributed by atoms with E-state index in [1.54, 1.807) is 4.68 Å². The first-order chi connectivity index (χ1) is 11.7. The molecule has 8 nitrogen and oxygen atoms in total. The fraction of sp³-hybridized carbons (Fsp3) is 0.375. The minimum atomic E-state index is -0.428. The van der Waals surface area contributed by atoms with Crippen LogP contribution >= 0.6 is 0 Å². The van der Waals surface area contributed by atoms with Gasteiger partial charge in [-0.1, -0.05) is 12.1 Å². The van der Waals surface area contributed by atoms with Crippen molar-refractivity contribution < 1.29 is 9.34 Å². The van der Waals surface area contributed by atoms with E-state index in [-0.39, 0.29) is 5.69 Å². The third kappa shape index (κ3) is 2.88. The highest BCUT2D eigenvalue weighted by Gasteiger charge is 2.25. The summed E-state index contributed by atoms with van der Waals surface area (Å²) >= 11 is 0. The van der Waals surface area contributed by atoms with E-state index in [9.17, 15) is 10.1 Å². The highest BCUT2D eigenvalue weighted by atomic mass is 16.6. The van der Waals surface area contributed by atoms with Crippen LogP contribution in [0, 0.1) is 10.1 Å². The number of oxazole rings is 1. The van der Waals surface area contributed by atoms with Crippen LogP contribution in [-0.2, 0) is 6.67 Å². The van der Waals surface area contributed by atoms with E-state index in [0.29, 0.717) is 12.6 Å². The van der Waals surface area contributed by atoms with E-state index in [1.807, 2.05) is 24.3 Å². The number of fused-ring (bicyclic) bond motifs is 1. The van der Waals surface area contributed by atoms with Crippen molar-refractivity contribution in [2.45, 2.75) is 25.4 Å². The maximum absolute atomic E-state index is 10.7. The molecule has 3 aromatic rings. The summed E-state index contributed by atoms with van der Waals surface area (Å²) in [5.41, 5.74) is 1.76. The molecule has 1 aliphatic heterocycles. The molecule has 4 rings (SSSR count). The molecule has 3 heterocycles. The zero-order chi connectivity index (χ0) is 16.5. The lowest BCUT2D eigenvalue weighted by atomic mass is 9.97. The van der Waals surface area contributed by atoms with Gasteiger partial charge >= 0.3 is 5.69 Å². The summed E-state index contributed by atoms with van der Waals surface area (Å²) in [6.07, 6.45) is 4.66. The molecule has 1 aliphatic rings. The van der Waals surface area contributed by atoms with Crippen LogP contribution in [0.15, 0.2) is 41.1 Å². The highest BCUT2D eigenvalue weighted by molar-refractivity contribution is 5.72. The molecule has 124 valence electrons. The fourth-order valence-electron chi connectivity index (χ4n) is 3.12. The molecule has 0 atom stereocenters. The van der Waals surface area contributed by atoms with Crippen LogP contribution in [0.4, 0.5) is 5.69 Å².